The summed E-state index contributed by atoms with van der Waals surface area (Å²) in [7, 11) is 1.88. The van der Waals surface area contributed by atoms with Crippen molar-refractivity contribution in [3.05, 3.63) is 40.8 Å². The highest BCUT2D eigenvalue weighted by molar-refractivity contribution is 6.31. The van der Waals surface area contributed by atoms with Gasteiger partial charge in [0, 0.05) is 18.1 Å². The lowest BCUT2D eigenvalue weighted by molar-refractivity contribution is 0.632. The first-order valence-corrected chi connectivity index (χ1v) is 6.33. The molecule has 0 aliphatic carbocycles. The number of fused-ring (bicyclic) bond motifs is 1. The number of nitrogens with two attached hydrogens (primary N) is 1. The third-order valence-electron chi connectivity index (χ3n) is 3.23. The second kappa shape index (κ2) is 4.28. The van der Waals surface area contributed by atoms with E-state index in [1.165, 1.54) is 0 Å². The highest BCUT2D eigenvalue weighted by Crippen LogP contribution is 2.23. The lowest BCUT2D eigenvalue weighted by Gasteiger charge is -2.05. The molecule has 0 aliphatic rings. The van der Waals surface area contributed by atoms with Crippen LogP contribution in [0.4, 0.5) is 5.69 Å². The Morgan fingerprint density at radius 1 is 1.37 bits per heavy atom. The maximum Gasteiger partial charge on any atom is 0.0866 e. The minimum atomic E-state index is 0.573. The van der Waals surface area contributed by atoms with Gasteiger partial charge in [0.15, 0.2) is 0 Å². The minimum absolute atomic E-state index is 0.573. The van der Waals surface area contributed by atoms with Crippen molar-refractivity contribution in [1.82, 2.24) is 19.6 Å². The molecule has 19 heavy (non-hydrogen) atoms. The van der Waals surface area contributed by atoms with Crippen molar-refractivity contribution in [3.63, 3.8) is 0 Å². The van der Waals surface area contributed by atoms with E-state index in [0.29, 0.717) is 11.6 Å². The van der Waals surface area contributed by atoms with Gasteiger partial charge in [0.1, 0.15) is 0 Å². The first-order chi connectivity index (χ1) is 9.06. The highest BCUT2D eigenvalue weighted by Gasteiger charge is 2.13. The molecule has 98 valence electrons. The molecule has 1 aromatic carbocycles. The molecule has 0 aliphatic heterocycles. The topological polar surface area (TPSA) is 61.7 Å². The molecule has 2 heterocycles. The van der Waals surface area contributed by atoms with Gasteiger partial charge in [-0.25, -0.2) is 0 Å². The van der Waals surface area contributed by atoms with E-state index in [0.717, 1.165) is 28.0 Å². The number of nitrogens with zero attached hydrogens (tertiary/aromatic N) is 4. The Balaban J connectivity index is 2.08. The monoisotopic (exact) mass is 275 g/mol. The third-order valence-corrected chi connectivity index (χ3v) is 3.72. The maximum absolute atomic E-state index is 6.26. The fourth-order valence-corrected chi connectivity index (χ4v) is 2.43. The van der Waals surface area contributed by atoms with Crippen LogP contribution in [0.2, 0.25) is 5.02 Å². The molecule has 0 spiro atoms. The number of benzene rings is 1. The maximum atomic E-state index is 6.26. The number of rotatable bonds is 2. The van der Waals surface area contributed by atoms with E-state index in [-0.39, 0.29) is 0 Å². The van der Waals surface area contributed by atoms with Crippen molar-refractivity contribution in [3.8, 4) is 0 Å². The smallest absolute Gasteiger partial charge is 0.0866 e. The van der Waals surface area contributed by atoms with Crippen molar-refractivity contribution in [2.75, 3.05) is 5.73 Å². The summed E-state index contributed by atoms with van der Waals surface area (Å²) in [5.41, 5.74) is 9.31. The number of aromatic nitrogens is 4. The zero-order valence-electron chi connectivity index (χ0n) is 10.8. The molecule has 5 nitrogen and oxygen atoms in total. The van der Waals surface area contributed by atoms with Gasteiger partial charge in [-0.1, -0.05) is 11.6 Å². The fourth-order valence-electron chi connectivity index (χ4n) is 2.21. The average Bonchev–Trinajstić information content (AvgIpc) is 2.86. The summed E-state index contributed by atoms with van der Waals surface area (Å²) >= 11 is 6.26. The van der Waals surface area contributed by atoms with Gasteiger partial charge >= 0.3 is 0 Å². The van der Waals surface area contributed by atoms with E-state index in [1.807, 2.05) is 43.0 Å². The first-order valence-electron chi connectivity index (χ1n) is 5.95. The molecule has 6 heteroatoms. The quantitative estimate of drug-likeness (QED) is 0.731. The van der Waals surface area contributed by atoms with Gasteiger partial charge in [0.2, 0.25) is 0 Å². The number of aryl methyl sites for hydroxylation is 2. The molecule has 3 aromatic rings. The molecular formula is C13H14ClN5. The van der Waals surface area contributed by atoms with Crippen molar-refractivity contribution >= 4 is 28.2 Å². The minimum Gasteiger partial charge on any atom is -0.399 e. The van der Waals surface area contributed by atoms with Gasteiger partial charge < -0.3 is 5.73 Å². The molecular weight excluding hydrogens is 262 g/mol. The number of nitrogen functional groups attached to an aromatic ring is 1. The van der Waals surface area contributed by atoms with Crippen LogP contribution in [0, 0.1) is 6.92 Å². The van der Waals surface area contributed by atoms with Crippen LogP contribution in [0.1, 0.15) is 11.4 Å². The van der Waals surface area contributed by atoms with Crippen LogP contribution in [-0.2, 0) is 13.6 Å². The van der Waals surface area contributed by atoms with Gasteiger partial charge in [0.05, 0.1) is 34.7 Å². The Morgan fingerprint density at radius 3 is 2.84 bits per heavy atom. The third kappa shape index (κ3) is 1.96. The van der Waals surface area contributed by atoms with Crippen LogP contribution >= 0.6 is 11.6 Å². The number of anilines is 1. The van der Waals surface area contributed by atoms with Crippen molar-refractivity contribution in [1.29, 1.82) is 0 Å². The highest BCUT2D eigenvalue weighted by atomic mass is 35.5. The Hall–Kier alpha value is -2.01. The fraction of sp³-hybridized carbons (Fsp3) is 0.231. The van der Waals surface area contributed by atoms with E-state index < -0.39 is 0 Å². The Kier molecular flexibility index (Phi) is 2.71. The molecule has 0 bridgehead atoms. The second-order valence-corrected chi connectivity index (χ2v) is 4.97. The average molecular weight is 276 g/mol. The number of hydrogen-bond donors (Lipinski definition) is 1. The lowest BCUT2D eigenvalue weighted by atomic mass is 10.2. The number of halogens is 1. The summed E-state index contributed by atoms with van der Waals surface area (Å²) in [6, 6.07) is 5.75. The van der Waals surface area contributed by atoms with Gasteiger partial charge in [-0.15, -0.1) is 0 Å². The Morgan fingerprint density at radius 2 is 2.16 bits per heavy atom. The second-order valence-electron chi connectivity index (χ2n) is 4.59. The summed E-state index contributed by atoms with van der Waals surface area (Å²) in [5, 5.41) is 10.4. The Bertz CT molecular complexity index is 756. The van der Waals surface area contributed by atoms with E-state index in [1.54, 1.807) is 4.68 Å². The van der Waals surface area contributed by atoms with Crippen LogP contribution < -0.4 is 5.73 Å². The summed E-state index contributed by atoms with van der Waals surface area (Å²) in [4.78, 5) is 0. The molecule has 0 saturated carbocycles. The van der Waals surface area contributed by atoms with Crippen LogP contribution in [0.25, 0.3) is 10.9 Å². The molecule has 0 amide bonds. The SMILES string of the molecule is Cc1nn(C)c(Cn2ncc3ccc(N)cc32)c1Cl. The number of hydrogen-bond acceptors (Lipinski definition) is 3. The molecule has 2 aromatic heterocycles. The molecule has 0 atom stereocenters. The standard InChI is InChI=1S/C13H14ClN5/c1-8-13(14)12(18(2)17-8)7-19-11-5-10(15)4-3-9(11)6-16-19/h3-6H,7,15H2,1-2H3. The van der Waals surface area contributed by atoms with E-state index in [4.69, 9.17) is 17.3 Å². The van der Waals surface area contributed by atoms with Gasteiger partial charge in [-0.05, 0) is 25.1 Å². The molecule has 0 saturated heterocycles. The summed E-state index contributed by atoms with van der Waals surface area (Å²) in [6.45, 7) is 2.47. The van der Waals surface area contributed by atoms with Crippen molar-refractivity contribution in [2.24, 2.45) is 7.05 Å². The predicted octanol–water partition coefficient (Wildman–Crippen LogP) is 2.36. The van der Waals surface area contributed by atoms with Crippen molar-refractivity contribution in [2.45, 2.75) is 13.5 Å². The normalized spacial score (nSPS) is 11.3. The van der Waals surface area contributed by atoms with Crippen LogP contribution in [0.5, 0.6) is 0 Å². The largest absolute Gasteiger partial charge is 0.399 e. The zero-order chi connectivity index (χ0) is 13.6. The van der Waals surface area contributed by atoms with Crippen molar-refractivity contribution < 1.29 is 0 Å². The summed E-state index contributed by atoms with van der Waals surface area (Å²) < 4.78 is 3.67. The Labute approximate surface area is 115 Å². The van der Waals surface area contributed by atoms with Gasteiger partial charge in [-0.2, -0.15) is 10.2 Å². The molecule has 2 N–H and O–H groups in total. The van der Waals surface area contributed by atoms with E-state index in [9.17, 15) is 0 Å². The molecule has 0 unspecified atom stereocenters. The molecule has 0 radical (unpaired) electrons. The van der Waals surface area contributed by atoms with E-state index in [2.05, 4.69) is 10.2 Å². The predicted molar refractivity (Wildman–Crippen MR) is 76.2 cm³/mol. The summed E-state index contributed by atoms with van der Waals surface area (Å²) in [6.07, 6.45) is 1.83. The van der Waals surface area contributed by atoms with Crippen LogP contribution in [0.3, 0.4) is 0 Å². The molecule has 0 fully saturated rings. The molecule has 3 rings (SSSR count). The first kappa shape index (κ1) is 12.0. The van der Waals surface area contributed by atoms with E-state index >= 15 is 0 Å². The zero-order valence-corrected chi connectivity index (χ0v) is 11.5. The van der Waals surface area contributed by atoms with Gasteiger partial charge in [-0.3, -0.25) is 9.36 Å². The van der Waals surface area contributed by atoms with Gasteiger partial charge in [0.25, 0.3) is 0 Å². The van der Waals surface area contributed by atoms with Crippen LogP contribution in [-0.4, -0.2) is 19.6 Å². The summed E-state index contributed by atoms with van der Waals surface area (Å²) in [5.74, 6) is 0. The lowest BCUT2D eigenvalue weighted by Crippen LogP contribution is -2.07. The van der Waals surface area contributed by atoms with Crippen LogP contribution in [0.15, 0.2) is 24.4 Å².